The number of carbonyl (C=O) groups is 1. The van der Waals surface area contributed by atoms with Crippen LogP contribution in [0.15, 0.2) is 24.3 Å². The molecule has 3 rings (SSSR count). The van der Waals surface area contributed by atoms with Crippen LogP contribution >= 0.6 is 0 Å². The molecule has 0 radical (unpaired) electrons. The predicted octanol–water partition coefficient (Wildman–Crippen LogP) is 5.25. The van der Waals surface area contributed by atoms with Gasteiger partial charge in [0.05, 0.1) is 6.04 Å². The Labute approximate surface area is 145 Å². The molecule has 0 aliphatic carbocycles. The van der Waals surface area contributed by atoms with Crippen LogP contribution in [0.1, 0.15) is 63.1 Å². The Morgan fingerprint density at radius 3 is 2.62 bits per heavy atom. The van der Waals surface area contributed by atoms with Gasteiger partial charge >= 0.3 is 6.09 Å². The van der Waals surface area contributed by atoms with Gasteiger partial charge in [-0.25, -0.2) is 4.79 Å². The fourth-order valence-corrected chi connectivity index (χ4v) is 3.93. The Hall–Kier alpha value is -1.77. The first-order valence-corrected chi connectivity index (χ1v) is 9.05. The molecule has 1 amide bonds. The fraction of sp³-hybridized carbons (Fsp3) is 0.571. The number of fused-ring (bicyclic) bond motifs is 2. The summed E-state index contributed by atoms with van der Waals surface area (Å²) in [5, 5.41) is 0. The highest BCUT2D eigenvalue weighted by Crippen LogP contribution is 2.39. The zero-order valence-electron chi connectivity index (χ0n) is 15.6. The number of ether oxygens (including phenoxy) is 1. The SMILES string of the molecule is Cc1cccc(C2=CC3CCCC(C2)N3C(=O)OC(C)(C)C)c1C. The van der Waals surface area contributed by atoms with Crippen molar-refractivity contribution in [2.45, 2.75) is 78.0 Å². The lowest BCUT2D eigenvalue weighted by Gasteiger charge is -2.45. The average Bonchev–Trinajstić information content (AvgIpc) is 2.47. The average molecular weight is 327 g/mol. The molecule has 1 aromatic carbocycles. The van der Waals surface area contributed by atoms with Gasteiger partial charge in [0.25, 0.3) is 0 Å². The van der Waals surface area contributed by atoms with Crippen LogP contribution in [0.2, 0.25) is 0 Å². The van der Waals surface area contributed by atoms with E-state index >= 15 is 0 Å². The van der Waals surface area contributed by atoms with Crippen molar-refractivity contribution in [1.29, 1.82) is 0 Å². The van der Waals surface area contributed by atoms with Gasteiger partial charge in [0.1, 0.15) is 5.60 Å². The van der Waals surface area contributed by atoms with E-state index in [0.29, 0.717) is 0 Å². The number of hydrogen-bond donors (Lipinski definition) is 0. The van der Waals surface area contributed by atoms with Crippen LogP contribution in [-0.2, 0) is 4.74 Å². The highest BCUT2D eigenvalue weighted by atomic mass is 16.6. The quantitative estimate of drug-likeness (QED) is 0.705. The molecular formula is C21H29NO2. The van der Waals surface area contributed by atoms with Crippen molar-refractivity contribution in [3.05, 3.63) is 41.0 Å². The molecule has 2 atom stereocenters. The molecule has 24 heavy (non-hydrogen) atoms. The molecule has 2 aliphatic rings. The second kappa shape index (κ2) is 6.27. The summed E-state index contributed by atoms with van der Waals surface area (Å²) in [4.78, 5) is 14.7. The van der Waals surface area contributed by atoms with Crippen LogP contribution < -0.4 is 0 Å². The van der Waals surface area contributed by atoms with Gasteiger partial charge in [0.2, 0.25) is 0 Å². The van der Waals surface area contributed by atoms with Crippen LogP contribution in [0.5, 0.6) is 0 Å². The summed E-state index contributed by atoms with van der Waals surface area (Å²) in [5.74, 6) is 0. The molecule has 130 valence electrons. The topological polar surface area (TPSA) is 29.5 Å². The lowest BCUT2D eigenvalue weighted by atomic mass is 9.81. The van der Waals surface area contributed by atoms with E-state index in [2.05, 4.69) is 38.1 Å². The van der Waals surface area contributed by atoms with E-state index in [-0.39, 0.29) is 18.2 Å². The molecule has 1 fully saturated rings. The van der Waals surface area contributed by atoms with E-state index in [1.807, 2.05) is 25.7 Å². The second-order valence-electron chi connectivity index (χ2n) is 8.18. The normalized spacial score (nSPS) is 23.7. The van der Waals surface area contributed by atoms with Crippen LogP contribution in [0.4, 0.5) is 4.79 Å². The first kappa shape index (κ1) is 17.1. The number of amides is 1. The van der Waals surface area contributed by atoms with Crippen LogP contribution in [-0.4, -0.2) is 28.7 Å². The summed E-state index contributed by atoms with van der Waals surface area (Å²) in [6.07, 6.45) is 6.36. The summed E-state index contributed by atoms with van der Waals surface area (Å²) in [6.45, 7) is 10.2. The van der Waals surface area contributed by atoms with E-state index in [0.717, 1.165) is 19.3 Å². The molecule has 2 aliphatic heterocycles. The first-order chi connectivity index (χ1) is 11.3. The molecule has 2 bridgehead atoms. The van der Waals surface area contributed by atoms with Gasteiger partial charge in [0, 0.05) is 6.04 Å². The molecule has 1 aromatic rings. The fourth-order valence-electron chi connectivity index (χ4n) is 3.93. The molecule has 0 aromatic heterocycles. The monoisotopic (exact) mass is 327 g/mol. The van der Waals surface area contributed by atoms with E-state index in [9.17, 15) is 4.79 Å². The van der Waals surface area contributed by atoms with Gasteiger partial charge in [-0.1, -0.05) is 24.3 Å². The third kappa shape index (κ3) is 3.35. The summed E-state index contributed by atoms with van der Waals surface area (Å²) in [7, 11) is 0. The van der Waals surface area contributed by atoms with Crippen molar-refractivity contribution in [1.82, 2.24) is 4.90 Å². The Balaban J connectivity index is 1.90. The molecule has 0 N–H and O–H groups in total. The van der Waals surface area contributed by atoms with Gasteiger partial charge in [-0.15, -0.1) is 0 Å². The predicted molar refractivity (Wildman–Crippen MR) is 98.0 cm³/mol. The Morgan fingerprint density at radius 1 is 1.21 bits per heavy atom. The number of aryl methyl sites for hydroxylation is 1. The third-order valence-corrected chi connectivity index (χ3v) is 5.19. The van der Waals surface area contributed by atoms with Crippen molar-refractivity contribution in [3.8, 4) is 0 Å². The highest BCUT2D eigenvalue weighted by Gasteiger charge is 2.39. The number of rotatable bonds is 1. The van der Waals surface area contributed by atoms with Crippen molar-refractivity contribution in [2.75, 3.05) is 0 Å². The minimum atomic E-state index is -0.442. The smallest absolute Gasteiger partial charge is 0.411 e. The molecule has 0 spiro atoms. The molecule has 0 saturated carbocycles. The second-order valence-corrected chi connectivity index (χ2v) is 8.18. The molecule has 3 heteroatoms. The molecule has 2 unspecified atom stereocenters. The minimum absolute atomic E-state index is 0.159. The van der Waals surface area contributed by atoms with Gasteiger partial charge < -0.3 is 4.74 Å². The summed E-state index contributed by atoms with van der Waals surface area (Å²) in [5.41, 5.74) is 4.98. The molecule has 1 saturated heterocycles. The number of hydrogen-bond acceptors (Lipinski definition) is 2. The third-order valence-electron chi connectivity index (χ3n) is 5.19. The molecule has 2 heterocycles. The Bertz CT molecular complexity index is 669. The standard InChI is InChI=1S/C21H29NO2/c1-14-8-6-11-19(15(14)2)16-12-17-9-7-10-18(13-16)22(17)20(23)24-21(3,4)5/h6,8,11-12,17-18H,7,9-10,13H2,1-5H3. The molecular weight excluding hydrogens is 298 g/mol. The van der Waals surface area contributed by atoms with Gasteiger partial charge in [-0.3, -0.25) is 4.90 Å². The maximum atomic E-state index is 12.7. The van der Waals surface area contributed by atoms with Crippen molar-refractivity contribution in [2.24, 2.45) is 0 Å². The summed E-state index contributed by atoms with van der Waals surface area (Å²) < 4.78 is 5.66. The highest BCUT2D eigenvalue weighted by molar-refractivity contribution is 5.76. The summed E-state index contributed by atoms with van der Waals surface area (Å²) in [6, 6.07) is 6.94. The number of carbonyl (C=O) groups excluding carboxylic acids is 1. The zero-order valence-corrected chi connectivity index (χ0v) is 15.6. The van der Waals surface area contributed by atoms with Crippen molar-refractivity contribution >= 4 is 11.7 Å². The van der Waals surface area contributed by atoms with Crippen molar-refractivity contribution < 1.29 is 9.53 Å². The number of nitrogens with zero attached hydrogens (tertiary/aromatic N) is 1. The number of benzene rings is 1. The zero-order chi connectivity index (χ0) is 17.5. The van der Waals surface area contributed by atoms with Gasteiger partial charge in [-0.2, -0.15) is 0 Å². The maximum absolute atomic E-state index is 12.7. The lowest BCUT2D eigenvalue weighted by molar-refractivity contribution is 0.0000850. The van der Waals surface area contributed by atoms with E-state index in [4.69, 9.17) is 4.74 Å². The number of piperidine rings is 1. The minimum Gasteiger partial charge on any atom is -0.444 e. The Morgan fingerprint density at radius 2 is 1.96 bits per heavy atom. The van der Waals surface area contributed by atoms with E-state index < -0.39 is 5.60 Å². The lowest BCUT2D eigenvalue weighted by Crippen LogP contribution is -2.53. The van der Waals surface area contributed by atoms with E-state index in [1.165, 1.54) is 28.7 Å². The first-order valence-electron chi connectivity index (χ1n) is 9.05. The Kier molecular flexibility index (Phi) is 4.46. The maximum Gasteiger partial charge on any atom is 0.411 e. The molecule has 3 nitrogen and oxygen atoms in total. The summed E-state index contributed by atoms with van der Waals surface area (Å²) >= 11 is 0. The van der Waals surface area contributed by atoms with Crippen LogP contribution in [0, 0.1) is 13.8 Å². The van der Waals surface area contributed by atoms with Gasteiger partial charge in [-0.05, 0) is 82.6 Å². The van der Waals surface area contributed by atoms with Gasteiger partial charge in [0.15, 0.2) is 0 Å². The largest absolute Gasteiger partial charge is 0.444 e. The van der Waals surface area contributed by atoms with Crippen LogP contribution in [0.25, 0.3) is 5.57 Å². The van der Waals surface area contributed by atoms with Crippen molar-refractivity contribution in [3.63, 3.8) is 0 Å². The van der Waals surface area contributed by atoms with Crippen LogP contribution in [0.3, 0.4) is 0 Å². The van der Waals surface area contributed by atoms with E-state index in [1.54, 1.807) is 0 Å².